The first kappa shape index (κ1) is 16.9. The minimum atomic E-state index is -0.580. The molecule has 0 aliphatic rings. The summed E-state index contributed by atoms with van der Waals surface area (Å²) in [4.78, 5) is 14.2. The van der Waals surface area contributed by atoms with Crippen molar-refractivity contribution in [2.24, 2.45) is 0 Å². The lowest BCUT2D eigenvalue weighted by Gasteiger charge is -2.01. The Balaban J connectivity index is 2.14. The minimum Gasteiger partial charge on any atom is -0.494 e. The summed E-state index contributed by atoms with van der Waals surface area (Å²) < 4.78 is 5.70. The summed E-state index contributed by atoms with van der Waals surface area (Å²) >= 11 is 12.0. The SMILES string of the molecule is C=c1c(C#N)c(O)[nH]c(=O)c1=Cc1ccc(-c2ccc(Cl)cc2Cl)o1. The minimum absolute atomic E-state index is 0.0987. The van der Waals surface area contributed by atoms with Gasteiger partial charge in [0.2, 0.25) is 5.88 Å². The van der Waals surface area contributed by atoms with Crippen molar-refractivity contribution in [2.75, 3.05) is 0 Å². The number of furan rings is 1. The van der Waals surface area contributed by atoms with Gasteiger partial charge in [0.25, 0.3) is 5.56 Å². The summed E-state index contributed by atoms with van der Waals surface area (Å²) in [5.74, 6) is 0.350. The number of aromatic hydroxyl groups is 1. The topological polar surface area (TPSA) is 90.0 Å². The largest absolute Gasteiger partial charge is 0.494 e. The number of benzene rings is 1. The fraction of sp³-hybridized carbons (Fsp3) is 0. The molecule has 0 aliphatic carbocycles. The Kier molecular flexibility index (Phi) is 4.41. The van der Waals surface area contributed by atoms with Crippen LogP contribution in [-0.4, -0.2) is 10.1 Å². The molecule has 0 atom stereocenters. The molecule has 3 aromatic rings. The number of aromatic nitrogens is 1. The van der Waals surface area contributed by atoms with Gasteiger partial charge in [-0.1, -0.05) is 29.8 Å². The van der Waals surface area contributed by atoms with Crippen LogP contribution < -0.4 is 16.0 Å². The molecule has 2 aromatic heterocycles. The van der Waals surface area contributed by atoms with E-state index in [1.165, 1.54) is 6.08 Å². The molecule has 0 radical (unpaired) electrons. The van der Waals surface area contributed by atoms with Gasteiger partial charge in [-0.05, 0) is 36.4 Å². The molecule has 1 aromatic carbocycles. The number of aromatic amines is 1. The standard InChI is InChI=1S/C18H10Cl2N2O3/c1-9-13(17(23)22-18(24)14(9)8-21)7-11-3-5-16(25-11)12-4-2-10(19)6-15(12)20/h2-7,24H,1H2,(H,22,23). The third-order valence-corrected chi connectivity index (χ3v) is 4.11. The van der Waals surface area contributed by atoms with Crippen LogP contribution in [0.2, 0.25) is 10.0 Å². The van der Waals surface area contributed by atoms with Crippen molar-refractivity contribution in [1.82, 2.24) is 4.98 Å². The summed E-state index contributed by atoms with van der Waals surface area (Å²) in [7, 11) is 0. The summed E-state index contributed by atoms with van der Waals surface area (Å²) in [6.07, 6.45) is 1.44. The quantitative estimate of drug-likeness (QED) is 0.723. The molecule has 3 rings (SSSR count). The van der Waals surface area contributed by atoms with Crippen molar-refractivity contribution in [3.63, 3.8) is 0 Å². The van der Waals surface area contributed by atoms with Gasteiger partial charge < -0.3 is 9.52 Å². The maximum atomic E-state index is 12.0. The van der Waals surface area contributed by atoms with E-state index >= 15 is 0 Å². The Bertz CT molecular complexity index is 1190. The number of hydrogen-bond donors (Lipinski definition) is 2. The Hall–Kier alpha value is -2.94. The van der Waals surface area contributed by atoms with E-state index in [9.17, 15) is 9.90 Å². The zero-order chi connectivity index (χ0) is 18.1. The predicted molar refractivity (Wildman–Crippen MR) is 95.9 cm³/mol. The molecule has 0 amide bonds. The van der Waals surface area contributed by atoms with Crippen molar-refractivity contribution in [2.45, 2.75) is 0 Å². The van der Waals surface area contributed by atoms with Crippen LogP contribution in [0.5, 0.6) is 5.88 Å². The summed E-state index contributed by atoms with van der Waals surface area (Å²) in [5.41, 5.74) is -0.0276. The third kappa shape index (κ3) is 3.18. The van der Waals surface area contributed by atoms with Crippen LogP contribution in [0.25, 0.3) is 24.0 Å². The van der Waals surface area contributed by atoms with Gasteiger partial charge >= 0.3 is 0 Å². The van der Waals surface area contributed by atoms with Gasteiger partial charge in [0.05, 0.1) is 10.2 Å². The van der Waals surface area contributed by atoms with Gasteiger partial charge in [-0.3, -0.25) is 9.78 Å². The molecular formula is C18H10Cl2N2O3. The highest BCUT2D eigenvalue weighted by molar-refractivity contribution is 6.36. The van der Waals surface area contributed by atoms with Crippen LogP contribution in [-0.2, 0) is 0 Å². The Morgan fingerprint density at radius 3 is 2.72 bits per heavy atom. The molecule has 25 heavy (non-hydrogen) atoms. The zero-order valence-electron chi connectivity index (χ0n) is 12.6. The summed E-state index contributed by atoms with van der Waals surface area (Å²) in [6.45, 7) is 3.69. The van der Waals surface area contributed by atoms with Crippen molar-refractivity contribution < 1.29 is 9.52 Å². The Labute approximate surface area is 151 Å². The fourth-order valence-corrected chi connectivity index (χ4v) is 2.83. The van der Waals surface area contributed by atoms with Crippen molar-refractivity contribution in [3.05, 3.63) is 72.5 Å². The van der Waals surface area contributed by atoms with Gasteiger partial charge in [0.15, 0.2) is 0 Å². The Morgan fingerprint density at radius 1 is 1.28 bits per heavy atom. The monoisotopic (exact) mass is 372 g/mol. The first-order valence-electron chi connectivity index (χ1n) is 7.02. The molecule has 0 fully saturated rings. The normalized spacial score (nSPS) is 11.5. The lowest BCUT2D eigenvalue weighted by Crippen LogP contribution is -2.41. The summed E-state index contributed by atoms with van der Waals surface area (Å²) in [6, 6.07) is 10.2. The number of pyridine rings is 1. The molecule has 0 bridgehead atoms. The van der Waals surface area contributed by atoms with Crippen molar-refractivity contribution >= 4 is 35.9 Å². The third-order valence-electron chi connectivity index (χ3n) is 3.56. The maximum Gasteiger partial charge on any atom is 0.258 e. The lowest BCUT2D eigenvalue weighted by molar-refractivity contribution is 0.448. The molecule has 0 spiro atoms. The van der Waals surface area contributed by atoms with Crippen LogP contribution in [0.15, 0.2) is 39.5 Å². The van der Waals surface area contributed by atoms with E-state index < -0.39 is 11.4 Å². The van der Waals surface area contributed by atoms with E-state index in [0.29, 0.717) is 27.1 Å². The first-order chi connectivity index (χ1) is 11.9. The van der Waals surface area contributed by atoms with E-state index in [1.54, 1.807) is 36.4 Å². The maximum absolute atomic E-state index is 12.0. The molecule has 0 aliphatic heterocycles. The van der Waals surface area contributed by atoms with Gasteiger partial charge in [-0.25, -0.2) is 0 Å². The molecule has 2 N–H and O–H groups in total. The number of halogens is 2. The number of nitrogens with zero attached hydrogens (tertiary/aromatic N) is 1. The highest BCUT2D eigenvalue weighted by Gasteiger charge is 2.10. The fourth-order valence-electron chi connectivity index (χ4n) is 2.33. The van der Waals surface area contributed by atoms with E-state index in [2.05, 4.69) is 11.6 Å². The highest BCUT2D eigenvalue weighted by Crippen LogP contribution is 2.31. The second-order valence-corrected chi connectivity index (χ2v) is 6.00. The van der Waals surface area contributed by atoms with Gasteiger partial charge in [0, 0.05) is 15.8 Å². The lowest BCUT2D eigenvalue weighted by atomic mass is 10.2. The molecule has 5 nitrogen and oxygen atoms in total. The van der Waals surface area contributed by atoms with Crippen molar-refractivity contribution in [1.29, 1.82) is 5.26 Å². The second-order valence-electron chi connectivity index (χ2n) is 5.15. The molecule has 2 heterocycles. The Morgan fingerprint density at radius 2 is 2.04 bits per heavy atom. The molecular weight excluding hydrogens is 363 g/mol. The van der Waals surface area contributed by atoms with E-state index in [1.807, 2.05) is 0 Å². The first-order valence-corrected chi connectivity index (χ1v) is 7.77. The predicted octanol–water partition coefficient (Wildman–Crippen LogP) is 2.76. The van der Waals surface area contributed by atoms with Gasteiger partial charge in [0.1, 0.15) is 23.2 Å². The van der Waals surface area contributed by atoms with Crippen LogP contribution in [0.4, 0.5) is 0 Å². The van der Waals surface area contributed by atoms with Crippen LogP contribution >= 0.6 is 23.2 Å². The van der Waals surface area contributed by atoms with Crippen LogP contribution in [0, 0.1) is 11.3 Å². The number of nitriles is 1. The smallest absolute Gasteiger partial charge is 0.258 e. The van der Waals surface area contributed by atoms with E-state index in [-0.39, 0.29) is 16.0 Å². The van der Waals surface area contributed by atoms with E-state index in [0.717, 1.165) is 0 Å². The molecule has 0 saturated heterocycles. The van der Waals surface area contributed by atoms with Gasteiger partial charge in [-0.15, -0.1) is 0 Å². The van der Waals surface area contributed by atoms with Gasteiger partial charge in [-0.2, -0.15) is 5.26 Å². The van der Waals surface area contributed by atoms with Crippen LogP contribution in [0.1, 0.15) is 11.3 Å². The van der Waals surface area contributed by atoms with Crippen molar-refractivity contribution in [3.8, 4) is 23.3 Å². The molecule has 0 saturated carbocycles. The second kappa shape index (κ2) is 6.52. The zero-order valence-corrected chi connectivity index (χ0v) is 14.1. The van der Waals surface area contributed by atoms with Crippen LogP contribution in [0.3, 0.4) is 0 Å². The van der Waals surface area contributed by atoms with E-state index in [4.69, 9.17) is 32.9 Å². The number of rotatable bonds is 2. The average Bonchev–Trinajstić information content (AvgIpc) is 3.00. The average molecular weight is 373 g/mol. The number of nitrogens with one attached hydrogen (secondary N) is 1. The summed E-state index contributed by atoms with van der Waals surface area (Å²) in [5, 5.41) is 19.8. The number of hydrogen-bond acceptors (Lipinski definition) is 4. The highest BCUT2D eigenvalue weighted by atomic mass is 35.5. The molecule has 124 valence electrons. The molecule has 0 unspecified atom stereocenters. The number of H-pyrrole nitrogens is 1. The molecule has 7 heteroatoms.